The Bertz CT molecular complexity index is 631. The van der Waals surface area contributed by atoms with Crippen molar-refractivity contribution in [3.05, 3.63) is 39.7 Å². The molecule has 2 aromatic heterocycles. The second kappa shape index (κ2) is 6.24. The molecule has 0 aromatic carbocycles. The molecular weight excluding hydrogens is 294 g/mol. The van der Waals surface area contributed by atoms with Gasteiger partial charge in [0.1, 0.15) is 5.82 Å². The zero-order valence-corrected chi connectivity index (χ0v) is 12.8. The molecule has 0 saturated heterocycles. The van der Waals surface area contributed by atoms with E-state index < -0.39 is 0 Å². The number of nitrogens with one attached hydrogen (secondary N) is 1. The van der Waals surface area contributed by atoms with Gasteiger partial charge in [0.15, 0.2) is 0 Å². The van der Waals surface area contributed by atoms with Crippen LogP contribution in [0.1, 0.15) is 22.6 Å². The van der Waals surface area contributed by atoms with Gasteiger partial charge in [-0.2, -0.15) is 5.10 Å². The Morgan fingerprint density at radius 2 is 2.35 bits per heavy atom. The molecule has 0 fully saturated rings. The van der Waals surface area contributed by atoms with Crippen molar-refractivity contribution in [2.45, 2.75) is 19.3 Å². The zero-order valence-electron chi connectivity index (χ0n) is 11.1. The average Bonchev–Trinajstić information content (AvgIpc) is 3.07. The summed E-state index contributed by atoms with van der Waals surface area (Å²) in [4.78, 5) is 13.0. The Kier molecular flexibility index (Phi) is 4.62. The Labute approximate surface area is 127 Å². The Morgan fingerprint density at radius 3 is 3.10 bits per heavy atom. The number of nitrogens with zero attached hydrogens (tertiary/aromatic N) is 2. The third kappa shape index (κ3) is 2.94. The smallest absolute Gasteiger partial charge is 0.249 e. The van der Waals surface area contributed by atoms with Crippen molar-refractivity contribution in [1.29, 1.82) is 0 Å². The summed E-state index contributed by atoms with van der Waals surface area (Å²) in [5, 5.41) is 9.36. The molecule has 0 aliphatic heterocycles. The van der Waals surface area contributed by atoms with Crippen LogP contribution in [0.4, 0.5) is 5.82 Å². The fourth-order valence-electron chi connectivity index (χ4n) is 2.38. The van der Waals surface area contributed by atoms with Crippen molar-refractivity contribution in [1.82, 2.24) is 9.78 Å². The maximum absolute atomic E-state index is 11.9. The van der Waals surface area contributed by atoms with Gasteiger partial charge in [0.05, 0.1) is 5.69 Å². The van der Waals surface area contributed by atoms with Crippen molar-refractivity contribution >= 4 is 41.5 Å². The van der Waals surface area contributed by atoms with Crippen molar-refractivity contribution in [3.63, 3.8) is 0 Å². The lowest BCUT2D eigenvalue weighted by Gasteiger charge is -2.04. The molecule has 1 aliphatic rings. The number of fused-ring (bicyclic) bond motifs is 1. The number of amides is 1. The number of halogens is 1. The van der Waals surface area contributed by atoms with E-state index in [1.165, 1.54) is 5.56 Å². The highest BCUT2D eigenvalue weighted by Gasteiger charge is 2.21. The van der Waals surface area contributed by atoms with Gasteiger partial charge in [-0.05, 0) is 36.8 Å². The van der Waals surface area contributed by atoms with Gasteiger partial charge >= 0.3 is 0 Å². The highest BCUT2D eigenvalue weighted by atomic mass is 35.5. The van der Waals surface area contributed by atoms with E-state index in [-0.39, 0.29) is 18.3 Å². The molecule has 2 heterocycles. The van der Waals surface area contributed by atoms with Gasteiger partial charge in [-0.15, -0.1) is 23.7 Å². The number of carbonyl (C=O) groups excluding carboxylic acids is 1. The highest BCUT2D eigenvalue weighted by Crippen LogP contribution is 2.27. The van der Waals surface area contributed by atoms with Crippen molar-refractivity contribution < 1.29 is 4.79 Å². The number of rotatable bonds is 3. The molecule has 1 aliphatic carbocycles. The van der Waals surface area contributed by atoms with Crippen LogP contribution >= 0.6 is 23.7 Å². The molecule has 0 unspecified atom stereocenters. The second-order valence-electron chi connectivity index (χ2n) is 4.59. The standard InChI is InChI=1S/C14H15N3OS.ClH/c1-17-14(11-5-2-6-12(11)16-17)15-13(18)8-7-10-4-3-9-19-10;/h3-4,7-9H,2,5-6H2,1H3,(H,15,18);1H. The molecule has 4 nitrogen and oxygen atoms in total. The predicted molar refractivity (Wildman–Crippen MR) is 84.5 cm³/mol. The monoisotopic (exact) mass is 309 g/mol. The first-order chi connectivity index (χ1) is 9.24. The fourth-order valence-corrected chi connectivity index (χ4v) is 3.00. The minimum Gasteiger partial charge on any atom is -0.307 e. The van der Waals surface area contributed by atoms with Crippen molar-refractivity contribution in [3.8, 4) is 0 Å². The number of aryl methyl sites for hydroxylation is 2. The van der Waals surface area contributed by atoms with E-state index in [0.29, 0.717) is 0 Å². The number of hydrogen-bond donors (Lipinski definition) is 1. The van der Waals surface area contributed by atoms with Gasteiger partial charge in [-0.3, -0.25) is 9.48 Å². The van der Waals surface area contributed by atoms with Gasteiger partial charge in [0, 0.05) is 23.6 Å². The van der Waals surface area contributed by atoms with Crippen LogP contribution in [0.3, 0.4) is 0 Å². The molecule has 0 saturated carbocycles. The van der Waals surface area contributed by atoms with Gasteiger partial charge < -0.3 is 5.32 Å². The second-order valence-corrected chi connectivity index (χ2v) is 5.57. The number of anilines is 1. The maximum Gasteiger partial charge on any atom is 0.249 e. The number of thiophene rings is 1. The Morgan fingerprint density at radius 1 is 1.50 bits per heavy atom. The van der Waals surface area contributed by atoms with Crippen LogP contribution in [0.25, 0.3) is 6.08 Å². The van der Waals surface area contributed by atoms with Gasteiger partial charge in [-0.25, -0.2) is 0 Å². The molecule has 6 heteroatoms. The minimum absolute atomic E-state index is 0. The van der Waals surface area contributed by atoms with Gasteiger partial charge in [0.25, 0.3) is 0 Å². The third-order valence-electron chi connectivity index (χ3n) is 3.25. The van der Waals surface area contributed by atoms with E-state index in [1.807, 2.05) is 30.6 Å². The molecule has 1 amide bonds. The van der Waals surface area contributed by atoms with Crippen molar-refractivity contribution in [2.24, 2.45) is 7.05 Å². The van der Waals surface area contributed by atoms with Crippen LogP contribution in [-0.4, -0.2) is 15.7 Å². The molecule has 1 N–H and O–H groups in total. The SMILES string of the molecule is Cl.Cn1nc2c(c1NC(=O)C=Cc1cccs1)CCC2. The third-order valence-corrected chi connectivity index (χ3v) is 4.09. The summed E-state index contributed by atoms with van der Waals surface area (Å²) in [6.45, 7) is 0. The molecule has 106 valence electrons. The first-order valence-electron chi connectivity index (χ1n) is 6.31. The van der Waals surface area contributed by atoms with E-state index >= 15 is 0 Å². The van der Waals surface area contributed by atoms with E-state index in [4.69, 9.17) is 0 Å². The summed E-state index contributed by atoms with van der Waals surface area (Å²) in [6.07, 6.45) is 6.56. The highest BCUT2D eigenvalue weighted by molar-refractivity contribution is 7.10. The van der Waals surface area contributed by atoms with Crippen LogP contribution in [0.15, 0.2) is 23.6 Å². The molecule has 0 spiro atoms. The average molecular weight is 310 g/mol. The molecule has 3 rings (SSSR count). The summed E-state index contributed by atoms with van der Waals surface area (Å²) in [7, 11) is 1.87. The number of aromatic nitrogens is 2. The van der Waals surface area contributed by atoms with Crippen LogP contribution in [0, 0.1) is 0 Å². The summed E-state index contributed by atoms with van der Waals surface area (Å²) < 4.78 is 1.76. The first-order valence-corrected chi connectivity index (χ1v) is 7.19. The van der Waals surface area contributed by atoms with Crippen LogP contribution in [-0.2, 0) is 24.7 Å². The molecule has 2 aromatic rings. The number of carbonyl (C=O) groups is 1. The van der Waals surface area contributed by atoms with E-state index in [2.05, 4.69) is 10.4 Å². The molecule has 20 heavy (non-hydrogen) atoms. The lowest BCUT2D eigenvalue weighted by molar-refractivity contribution is -0.111. The van der Waals surface area contributed by atoms with E-state index in [1.54, 1.807) is 22.1 Å². The van der Waals surface area contributed by atoms with Crippen LogP contribution in [0.2, 0.25) is 0 Å². The maximum atomic E-state index is 11.9. The first kappa shape index (κ1) is 14.8. The molecular formula is C14H16ClN3OS. The zero-order chi connectivity index (χ0) is 13.2. The lowest BCUT2D eigenvalue weighted by Crippen LogP contribution is -2.12. The summed E-state index contributed by atoms with van der Waals surface area (Å²) in [5.41, 5.74) is 2.32. The summed E-state index contributed by atoms with van der Waals surface area (Å²) in [6, 6.07) is 3.95. The largest absolute Gasteiger partial charge is 0.307 e. The quantitative estimate of drug-likeness (QED) is 0.886. The molecule has 0 atom stereocenters. The summed E-state index contributed by atoms with van der Waals surface area (Å²) >= 11 is 1.61. The van der Waals surface area contributed by atoms with Crippen molar-refractivity contribution in [2.75, 3.05) is 5.32 Å². The predicted octanol–water partition coefficient (Wildman–Crippen LogP) is 3.04. The van der Waals surface area contributed by atoms with Crippen LogP contribution in [0.5, 0.6) is 0 Å². The van der Waals surface area contributed by atoms with Gasteiger partial charge in [-0.1, -0.05) is 6.07 Å². The molecule has 0 bridgehead atoms. The fraction of sp³-hybridized carbons (Fsp3) is 0.286. The Balaban J connectivity index is 0.00000147. The molecule has 0 radical (unpaired) electrons. The van der Waals surface area contributed by atoms with E-state index in [9.17, 15) is 4.79 Å². The van der Waals surface area contributed by atoms with Crippen LogP contribution < -0.4 is 5.32 Å². The minimum atomic E-state index is -0.105. The topological polar surface area (TPSA) is 46.9 Å². The lowest BCUT2D eigenvalue weighted by atomic mass is 10.2. The van der Waals surface area contributed by atoms with E-state index in [0.717, 1.165) is 35.7 Å². The number of hydrogen-bond acceptors (Lipinski definition) is 3. The Hall–Kier alpha value is -1.59. The van der Waals surface area contributed by atoms with Gasteiger partial charge in [0.2, 0.25) is 5.91 Å². The summed E-state index contributed by atoms with van der Waals surface area (Å²) in [5.74, 6) is 0.736. The normalized spacial score (nSPS) is 13.2.